The number of rotatable bonds is 2. The normalized spacial score (nSPS) is 21.3. The van der Waals surface area contributed by atoms with E-state index in [0.717, 1.165) is 10.2 Å². The highest BCUT2D eigenvalue weighted by atomic mass is 35.5. The molecule has 0 atom stereocenters. The summed E-state index contributed by atoms with van der Waals surface area (Å²) in [5.41, 5.74) is 2.45. The summed E-state index contributed by atoms with van der Waals surface area (Å²) in [6.07, 6.45) is -4.76. The van der Waals surface area contributed by atoms with Gasteiger partial charge >= 0.3 is 6.18 Å². The second-order valence-electron chi connectivity index (χ2n) is 5.59. The van der Waals surface area contributed by atoms with Crippen molar-refractivity contribution in [3.63, 3.8) is 0 Å². The lowest BCUT2D eigenvalue weighted by Gasteiger charge is -2.35. The van der Waals surface area contributed by atoms with Gasteiger partial charge in [0.05, 0.1) is 6.54 Å². The van der Waals surface area contributed by atoms with Crippen molar-refractivity contribution in [2.24, 2.45) is 9.98 Å². The zero-order chi connectivity index (χ0) is 19.2. The Balaban J connectivity index is 1.68. The van der Waals surface area contributed by atoms with Gasteiger partial charge in [-0.1, -0.05) is 11.6 Å². The van der Waals surface area contributed by atoms with Gasteiger partial charge in [0.1, 0.15) is 5.70 Å². The SMILES string of the molecule is O=C(N=C1SSC2=NCCN21)C1=C(C(F)(F)F)N(c2ccc(Cl)cc2)[N-]C1. The standard InChI is InChI=1S/C15H10ClF3N5OS2/c16-8-1-3-9(4-2-8)24-11(15(17,18)19)10(7-21-24)12(25)22-14-23-6-5-20-13(23)26-27-14/h1-4H,5-7H2/q-1. The first-order valence-corrected chi connectivity index (χ1v) is 10.2. The van der Waals surface area contributed by atoms with Crippen LogP contribution in [0.1, 0.15) is 0 Å². The Morgan fingerprint density at radius 1 is 1.26 bits per heavy atom. The molecule has 0 unspecified atom stereocenters. The molecule has 0 aromatic heterocycles. The maximum absolute atomic E-state index is 13.7. The van der Waals surface area contributed by atoms with Gasteiger partial charge < -0.3 is 10.4 Å². The first kappa shape index (κ1) is 18.7. The molecule has 1 amide bonds. The minimum Gasteiger partial charge on any atom is -0.559 e. The van der Waals surface area contributed by atoms with E-state index in [0.29, 0.717) is 23.3 Å². The molecule has 4 rings (SSSR count). The number of carbonyl (C=O) groups is 1. The molecule has 0 radical (unpaired) electrons. The molecule has 27 heavy (non-hydrogen) atoms. The molecule has 12 heteroatoms. The Hall–Kier alpha value is -1.69. The molecule has 1 aromatic rings. The van der Waals surface area contributed by atoms with Crippen molar-refractivity contribution in [2.45, 2.75) is 6.18 Å². The van der Waals surface area contributed by atoms with Crippen LogP contribution in [0.25, 0.3) is 5.43 Å². The molecule has 1 fully saturated rings. The Morgan fingerprint density at radius 3 is 2.70 bits per heavy atom. The Bertz CT molecular complexity index is 884. The lowest BCUT2D eigenvalue weighted by molar-refractivity contribution is -0.116. The molecule has 3 aliphatic rings. The van der Waals surface area contributed by atoms with Gasteiger partial charge in [0.15, 0.2) is 10.3 Å². The van der Waals surface area contributed by atoms with E-state index in [1.54, 1.807) is 4.90 Å². The number of nitrogens with zero attached hydrogens (tertiary/aromatic N) is 5. The number of anilines is 1. The second-order valence-corrected chi connectivity index (χ2v) is 8.09. The summed E-state index contributed by atoms with van der Waals surface area (Å²) in [4.78, 5) is 22.4. The van der Waals surface area contributed by atoms with Crippen molar-refractivity contribution in [2.75, 3.05) is 24.6 Å². The number of amidine groups is 2. The minimum atomic E-state index is -4.76. The third-order valence-electron chi connectivity index (χ3n) is 3.89. The van der Waals surface area contributed by atoms with Crippen LogP contribution in [-0.4, -0.2) is 47.0 Å². The second kappa shape index (κ2) is 7.04. The van der Waals surface area contributed by atoms with Crippen LogP contribution in [0.2, 0.25) is 5.02 Å². The van der Waals surface area contributed by atoms with Crippen molar-refractivity contribution in [1.29, 1.82) is 0 Å². The third kappa shape index (κ3) is 3.56. The Morgan fingerprint density at radius 2 is 2.00 bits per heavy atom. The molecular formula is C15H10ClF3N5OS2-. The van der Waals surface area contributed by atoms with Crippen molar-refractivity contribution >= 4 is 55.1 Å². The molecule has 1 aromatic carbocycles. The van der Waals surface area contributed by atoms with Crippen LogP contribution in [0.4, 0.5) is 18.9 Å². The molecule has 0 bridgehead atoms. The topological polar surface area (TPSA) is 62.4 Å². The third-order valence-corrected chi connectivity index (χ3v) is 6.33. The van der Waals surface area contributed by atoms with Crippen LogP contribution in [0.3, 0.4) is 0 Å². The quantitative estimate of drug-likeness (QED) is 0.655. The number of aliphatic imine (C=N–C) groups is 2. The monoisotopic (exact) mass is 432 g/mol. The van der Waals surface area contributed by atoms with Crippen molar-refractivity contribution < 1.29 is 18.0 Å². The van der Waals surface area contributed by atoms with Gasteiger partial charge in [-0.05, 0) is 45.9 Å². The highest BCUT2D eigenvalue weighted by molar-refractivity contribution is 8.88. The van der Waals surface area contributed by atoms with E-state index < -0.39 is 29.9 Å². The zero-order valence-corrected chi connectivity index (χ0v) is 15.8. The molecule has 1 saturated heterocycles. The van der Waals surface area contributed by atoms with Crippen LogP contribution in [0, 0.1) is 0 Å². The van der Waals surface area contributed by atoms with Gasteiger partial charge in [-0.25, -0.2) is 0 Å². The molecule has 142 valence electrons. The molecular weight excluding hydrogens is 423 g/mol. The van der Waals surface area contributed by atoms with Gasteiger partial charge in [-0.15, -0.1) is 6.54 Å². The first-order valence-electron chi connectivity index (χ1n) is 7.67. The number of allylic oxidation sites excluding steroid dienone is 1. The summed E-state index contributed by atoms with van der Waals surface area (Å²) < 4.78 is 41.1. The Kier molecular flexibility index (Phi) is 4.87. The smallest absolute Gasteiger partial charge is 0.430 e. The van der Waals surface area contributed by atoms with E-state index in [1.165, 1.54) is 45.9 Å². The summed E-state index contributed by atoms with van der Waals surface area (Å²) in [5.74, 6) is -0.946. The van der Waals surface area contributed by atoms with E-state index >= 15 is 0 Å². The summed E-state index contributed by atoms with van der Waals surface area (Å²) in [7, 11) is 2.54. The Labute approximate surface area is 164 Å². The number of amides is 1. The van der Waals surface area contributed by atoms with Crippen molar-refractivity contribution in [3.8, 4) is 0 Å². The minimum absolute atomic E-state index is 0.168. The molecule has 0 spiro atoms. The first-order chi connectivity index (χ1) is 12.8. The van der Waals surface area contributed by atoms with E-state index in [2.05, 4.69) is 15.4 Å². The van der Waals surface area contributed by atoms with Gasteiger partial charge in [-0.2, -0.15) is 18.2 Å². The fourth-order valence-electron chi connectivity index (χ4n) is 2.70. The van der Waals surface area contributed by atoms with E-state index in [-0.39, 0.29) is 5.69 Å². The fourth-order valence-corrected chi connectivity index (χ4v) is 5.09. The van der Waals surface area contributed by atoms with Crippen molar-refractivity contribution in [3.05, 3.63) is 46.0 Å². The number of fused-ring (bicyclic) bond motifs is 1. The van der Waals surface area contributed by atoms with Crippen LogP contribution < -0.4 is 5.01 Å². The highest BCUT2D eigenvalue weighted by Gasteiger charge is 2.42. The number of hydrogen-bond donors (Lipinski definition) is 0. The number of alkyl halides is 3. The molecule has 0 N–H and O–H groups in total. The summed E-state index contributed by atoms with van der Waals surface area (Å²) >= 11 is 5.79. The van der Waals surface area contributed by atoms with E-state index in [4.69, 9.17) is 11.6 Å². The van der Waals surface area contributed by atoms with Crippen LogP contribution in [0.5, 0.6) is 0 Å². The molecule has 3 aliphatic heterocycles. The average Bonchev–Trinajstić information content (AvgIpc) is 3.31. The molecule has 0 aliphatic carbocycles. The van der Waals surface area contributed by atoms with Gasteiger partial charge in [-0.3, -0.25) is 14.7 Å². The summed E-state index contributed by atoms with van der Waals surface area (Å²) in [6.45, 7) is 0.742. The lowest BCUT2D eigenvalue weighted by Crippen LogP contribution is -2.28. The molecule has 0 saturated carbocycles. The highest BCUT2D eigenvalue weighted by Crippen LogP contribution is 2.42. The van der Waals surface area contributed by atoms with E-state index in [9.17, 15) is 18.0 Å². The maximum atomic E-state index is 13.7. The predicted molar refractivity (Wildman–Crippen MR) is 102 cm³/mol. The predicted octanol–water partition coefficient (Wildman–Crippen LogP) is 4.21. The largest absolute Gasteiger partial charge is 0.559 e. The van der Waals surface area contributed by atoms with Gasteiger partial charge in [0, 0.05) is 22.8 Å². The number of hydrogen-bond acceptors (Lipinski definition) is 5. The number of halogens is 4. The van der Waals surface area contributed by atoms with Crippen LogP contribution in [-0.2, 0) is 4.79 Å². The van der Waals surface area contributed by atoms with Crippen molar-refractivity contribution in [1.82, 2.24) is 4.90 Å². The fraction of sp³-hybridized carbons (Fsp3) is 0.267. The lowest BCUT2D eigenvalue weighted by atomic mass is 10.2. The average molecular weight is 433 g/mol. The van der Waals surface area contributed by atoms with E-state index in [1.807, 2.05) is 0 Å². The number of carbonyl (C=O) groups excluding carboxylic acids is 1. The van der Waals surface area contributed by atoms with Gasteiger partial charge in [0.25, 0.3) is 5.91 Å². The van der Waals surface area contributed by atoms with Gasteiger partial charge in [0.2, 0.25) is 0 Å². The summed E-state index contributed by atoms with van der Waals surface area (Å²) in [6, 6.07) is 5.74. The summed E-state index contributed by atoms with van der Waals surface area (Å²) in [5, 5.41) is 2.18. The molecule has 3 heterocycles. The zero-order valence-electron chi connectivity index (χ0n) is 13.4. The molecule has 6 nitrogen and oxygen atoms in total. The number of benzene rings is 1. The van der Waals surface area contributed by atoms with Crippen LogP contribution in [0.15, 0.2) is 45.5 Å². The van der Waals surface area contributed by atoms with Crippen LogP contribution >= 0.6 is 33.2 Å². The maximum Gasteiger partial charge on any atom is 0.430 e.